The van der Waals surface area contributed by atoms with Gasteiger partial charge in [0.2, 0.25) is 0 Å². The van der Waals surface area contributed by atoms with Crippen LogP contribution in [-0.4, -0.2) is 148 Å². The third-order valence-corrected chi connectivity index (χ3v) is 22.0. The number of hydrogen-bond acceptors (Lipinski definition) is 16. The van der Waals surface area contributed by atoms with Gasteiger partial charge in [-0.1, -0.05) is 92.8 Å². The van der Waals surface area contributed by atoms with Crippen molar-refractivity contribution in [2.24, 2.45) is 0 Å². The molecule has 4 amide bonds. The average Bonchev–Trinajstić information content (AvgIpc) is 1.27. The topological polar surface area (TPSA) is 299 Å². The fourth-order valence-corrected chi connectivity index (χ4v) is 15.5. The summed E-state index contributed by atoms with van der Waals surface area (Å²) in [5, 5.41) is 28.9. The van der Waals surface area contributed by atoms with Gasteiger partial charge in [0, 0.05) is 81.3 Å². The van der Waals surface area contributed by atoms with Gasteiger partial charge in [0.25, 0.3) is 23.6 Å². The van der Waals surface area contributed by atoms with Crippen LogP contribution in [0.2, 0.25) is 40.2 Å². The van der Waals surface area contributed by atoms with E-state index in [1.165, 1.54) is 12.1 Å². The quantitative estimate of drug-likeness (QED) is 0.103. The first-order chi connectivity index (χ1) is 52.6. The minimum Gasteiger partial charge on any atom is -0.330 e. The second-order valence-corrected chi connectivity index (χ2v) is 29.9. The van der Waals surface area contributed by atoms with E-state index in [1.807, 2.05) is 65.8 Å². The lowest BCUT2D eigenvalue weighted by Gasteiger charge is -2.35. The third kappa shape index (κ3) is 16.3. The Bertz CT molecular complexity index is 5190. The highest BCUT2D eigenvalue weighted by Crippen LogP contribution is 2.39. The Balaban J connectivity index is 0.000000129. The molecule has 34 heteroatoms. The molecule has 24 nitrogen and oxygen atoms in total. The molecule has 4 aromatic carbocycles. The lowest BCUT2D eigenvalue weighted by molar-refractivity contribution is 0.0646. The molecular formula is C76H66Cl8F2N20O4. The summed E-state index contributed by atoms with van der Waals surface area (Å²) in [4.78, 5) is 95.9. The number of amides is 4. The van der Waals surface area contributed by atoms with Crippen LogP contribution in [0.15, 0.2) is 110 Å². The van der Waals surface area contributed by atoms with E-state index in [9.17, 15) is 28.0 Å². The molecule has 0 radical (unpaired) electrons. The van der Waals surface area contributed by atoms with Crippen molar-refractivity contribution in [3.8, 4) is 45.6 Å². The van der Waals surface area contributed by atoms with E-state index in [0.29, 0.717) is 106 Å². The van der Waals surface area contributed by atoms with Crippen molar-refractivity contribution in [3.05, 3.63) is 252 Å². The average molecular weight is 1650 g/mol. The molecule has 12 aromatic rings. The first-order valence-electron chi connectivity index (χ1n) is 34.5. The van der Waals surface area contributed by atoms with Gasteiger partial charge in [0.15, 0.2) is 0 Å². The Labute approximate surface area is 669 Å². The van der Waals surface area contributed by atoms with Crippen LogP contribution in [0.3, 0.4) is 0 Å². The van der Waals surface area contributed by atoms with Crippen LogP contribution < -0.4 is 0 Å². The van der Waals surface area contributed by atoms with Gasteiger partial charge in [-0.2, -0.15) is 20.4 Å². The van der Waals surface area contributed by atoms with Gasteiger partial charge >= 0.3 is 0 Å². The van der Waals surface area contributed by atoms with Gasteiger partial charge in [0.05, 0.1) is 147 Å². The zero-order chi connectivity index (χ0) is 78.3. The molecule has 16 rings (SSSR count). The first-order valence-corrected chi connectivity index (χ1v) is 37.5. The standard InChI is InChI=1S/2C19H16Cl2FN5O.2C19H17Cl2N5O/c2*1-9-7-12-15(24-10(2)25-18(12)14-5-6-23-26-14)8-27(9)19(28)11-3-4-13(22)17(21)16(11)20;2*1-10-7-14-17(23-11(2)24-18(14)16-5-6-22-25-16)9-26(10)19(27)13-4-3-12(20)8-15(13)21/h2*3-6,9H,7-8H2,1-2H3,(H,23,26);2*3-6,8,10H,7,9H2,1-2H3,(H,22,25)/t2*9-;10-;/m101./s1. The van der Waals surface area contributed by atoms with Gasteiger partial charge in [-0.15, -0.1) is 0 Å². The number of H-pyrrole nitrogens is 4. The molecule has 0 saturated carbocycles. The van der Waals surface area contributed by atoms with Gasteiger partial charge in [-0.25, -0.2) is 48.7 Å². The Hall–Kier alpha value is -9.90. The van der Waals surface area contributed by atoms with Crippen LogP contribution in [0.4, 0.5) is 8.78 Å². The molecule has 0 spiro atoms. The van der Waals surface area contributed by atoms with Crippen molar-refractivity contribution in [1.82, 2.24) is 100 Å². The largest absolute Gasteiger partial charge is 0.330 e. The Kier molecular flexibility index (Phi) is 23.4. The van der Waals surface area contributed by atoms with Gasteiger partial charge < -0.3 is 19.6 Å². The lowest BCUT2D eigenvalue weighted by atomic mass is 9.95. The van der Waals surface area contributed by atoms with E-state index in [2.05, 4.69) is 80.7 Å². The van der Waals surface area contributed by atoms with E-state index in [0.717, 1.165) is 103 Å². The third-order valence-electron chi connectivity index (χ3n) is 19.1. The highest BCUT2D eigenvalue weighted by Gasteiger charge is 2.38. The van der Waals surface area contributed by atoms with Gasteiger partial charge in [-0.3, -0.25) is 39.6 Å². The van der Waals surface area contributed by atoms with Crippen LogP contribution in [0, 0.1) is 39.3 Å². The summed E-state index contributed by atoms with van der Waals surface area (Å²) in [5.74, 6) is 0.314. The summed E-state index contributed by atoms with van der Waals surface area (Å²) in [5.41, 5.74) is 15.1. The molecule has 0 saturated heterocycles. The Morgan fingerprint density at radius 3 is 0.827 bits per heavy atom. The molecule has 4 aliphatic rings. The number of nitrogens with one attached hydrogen (secondary N) is 4. The molecule has 0 bridgehead atoms. The molecule has 12 heterocycles. The number of aryl methyl sites for hydroxylation is 4. The molecule has 0 aliphatic carbocycles. The highest BCUT2D eigenvalue weighted by atomic mass is 35.5. The van der Waals surface area contributed by atoms with Crippen LogP contribution in [-0.2, 0) is 51.9 Å². The number of carbonyl (C=O) groups is 4. The maximum Gasteiger partial charge on any atom is 0.256 e. The highest BCUT2D eigenvalue weighted by molar-refractivity contribution is 6.44. The van der Waals surface area contributed by atoms with E-state index in [1.54, 1.807) is 94.6 Å². The maximum atomic E-state index is 13.6. The minimum absolute atomic E-state index is 0.0234. The van der Waals surface area contributed by atoms with Crippen molar-refractivity contribution in [2.45, 2.75) is 131 Å². The second kappa shape index (κ2) is 33.0. The van der Waals surface area contributed by atoms with Crippen LogP contribution in [0.25, 0.3) is 45.6 Å². The second-order valence-electron chi connectivity index (χ2n) is 26.7. The molecule has 564 valence electrons. The number of carbonyl (C=O) groups excluding carboxylic acids is 4. The van der Waals surface area contributed by atoms with Crippen LogP contribution >= 0.6 is 92.8 Å². The van der Waals surface area contributed by atoms with Crippen molar-refractivity contribution in [1.29, 1.82) is 0 Å². The Morgan fingerprint density at radius 1 is 0.345 bits per heavy atom. The van der Waals surface area contributed by atoms with Crippen molar-refractivity contribution < 1.29 is 28.0 Å². The fraction of sp³-hybridized carbons (Fsp3) is 0.263. The fourth-order valence-electron chi connectivity index (χ4n) is 13.7. The predicted molar refractivity (Wildman–Crippen MR) is 415 cm³/mol. The Morgan fingerprint density at radius 2 is 0.591 bits per heavy atom. The molecule has 4 N–H and O–H groups in total. The number of aromatic nitrogens is 16. The number of nitrogens with zero attached hydrogens (tertiary/aromatic N) is 16. The zero-order valence-electron chi connectivity index (χ0n) is 59.9. The summed E-state index contributed by atoms with van der Waals surface area (Å²) in [6.45, 7) is 16.6. The summed E-state index contributed by atoms with van der Waals surface area (Å²) >= 11 is 48.4. The summed E-state index contributed by atoms with van der Waals surface area (Å²) < 4.78 is 27.2. The van der Waals surface area contributed by atoms with E-state index in [4.69, 9.17) is 92.8 Å². The zero-order valence-corrected chi connectivity index (χ0v) is 66.0. The summed E-state index contributed by atoms with van der Waals surface area (Å²) in [7, 11) is 0. The molecule has 110 heavy (non-hydrogen) atoms. The summed E-state index contributed by atoms with van der Waals surface area (Å²) in [6, 6.07) is 22.0. The van der Waals surface area contributed by atoms with Gasteiger partial charge in [0.1, 0.15) is 34.9 Å². The van der Waals surface area contributed by atoms with Crippen molar-refractivity contribution in [2.75, 3.05) is 0 Å². The number of fused-ring (bicyclic) bond motifs is 4. The predicted octanol–water partition coefficient (Wildman–Crippen LogP) is 16.6. The van der Waals surface area contributed by atoms with E-state index in [-0.39, 0.29) is 79.0 Å². The van der Waals surface area contributed by atoms with Crippen LogP contribution in [0.1, 0.15) is 137 Å². The number of halogens is 10. The number of rotatable bonds is 8. The molecule has 4 atom stereocenters. The van der Waals surface area contributed by atoms with Crippen LogP contribution in [0.5, 0.6) is 0 Å². The van der Waals surface area contributed by atoms with E-state index < -0.39 is 11.6 Å². The lowest BCUT2D eigenvalue weighted by Crippen LogP contribution is -2.43. The summed E-state index contributed by atoms with van der Waals surface area (Å²) in [6.07, 6.45) is 9.18. The van der Waals surface area contributed by atoms with E-state index >= 15 is 0 Å². The molecular weight excluding hydrogens is 1580 g/mol. The normalized spacial score (nSPS) is 16.2. The number of hydrogen-bond donors (Lipinski definition) is 4. The van der Waals surface area contributed by atoms with Gasteiger partial charge in [-0.05, 0) is 166 Å². The molecule has 1 unspecified atom stereocenters. The number of benzene rings is 4. The van der Waals surface area contributed by atoms with Crippen molar-refractivity contribution in [3.63, 3.8) is 0 Å². The smallest absolute Gasteiger partial charge is 0.256 e. The molecule has 0 fully saturated rings. The van der Waals surface area contributed by atoms with Crippen molar-refractivity contribution >= 4 is 116 Å². The molecule has 8 aromatic heterocycles. The monoisotopic (exact) mass is 1640 g/mol. The maximum absolute atomic E-state index is 13.6. The minimum atomic E-state index is -0.659. The molecule has 4 aliphatic heterocycles. The number of aromatic amines is 4. The SMILES string of the molecule is Cc1nc2c(c(-c3ccn[nH]3)n1)CC(C)N(C(=O)c1ccc(Cl)cc1Cl)C2.Cc1nc2c(c(-c3ccn[nH]3)n1)C[C@@H](C)N(C(=O)c1ccc(Cl)cc1Cl)C2.Cc1nc2c(c(-c3ccn[nH]3)n1)C[C@@H](C)N(C(=O)c1ccc(F)c(Cl)c1Cl)C2.Cc1nc2c(c(-c3ccn[nH]3)n1)C[C@H](C)N(C(=O)c1ccc(F)c(Cl)c1Cl)C2. The first kappa shape index (κ1) is 78.2.